The Bertz CT molecular complexity index is 355. The molecule has 0 radical (unpaired) electrons. The van der Waals surface area contributed by atoms with E-state index in [9.17, 15) is 0 Å². The topological polar surface area (TPSA) is 53.1 Å². The van der Waals surface area contributed by atoms with E-state index in [0.717, 1.165) is 38.0 Å². The number of hydrogen-bond acceptors (Lipinski definition) is 3. The number of aryl methyl sites for hydroxylation is 1. The van der Waals surface area contributed by atoms with Gasteiger partial charge in [0.15, 0.2) is 0 Å². The van der Waals surface area contributed by atoms with Gasteiger partial charge in [0, 0.05) is 24.9 Å². The average molecular weight is 237 g/mol. The fraction of sp³-hybridized carbons (Fsp3) is 0.769. The molecule has 2 N–H and O–H groups in total. The summed E-state index contributed by atoms with van der Waals surface area (Å²) in [7, 11) is 0. The zero-order valence-corrected chi connectivity index (χ0v) is 10.9. The van der Waals surface area contributed by atoms with Crippen LogP contribution in [0, 0.1) is 0 Å². The lowest BCUT2D eigenvalue weighted by atomic mass is 9.86. The maximum Gasteiger partial charge on any atom is 0.0847 e. The van der Waals surface area contributed by atoms with Gasteiger partial charge in [-0.2, -0.15) is 5.10 Å². The molecule has 1 saturated heterocycles. The maximum absolute atomic E-state index is 6.34. The van der Waals surface area contributed by atoms with Crippen molar-refractivity contribution in [3.05, 3.63) is 18.0 Å². The number of aromatic nitrogens is 2. The molecule has 1 aliphatic rings. The molecule has 17 heavy (non-hydrogen) atoms. The van der Waals surface area contributed by atoms with Gasteiger partial charge >= 0.3 is 0 Å². The van der Waals surface area contributed by atoms with Crippen LogP contribution in [0.15, 0.2) is 12.4 Å². The maximum atomic E-state index is 6.34. The first-order valence-corrected chi connectivity index (χ1v) is 6.57. The van der Waals surface area contributed by atoms with Crippen molar-refractivity contribution in [2.45, 2.75) is 57.7 Å². The van der Waals surface area contributed by atoms with E-state index in [-0.39, 0.29) is 11.6 Å². The van der Waals surface area contributed by atoms with Crippen LogP contribution in [0.5, 0.6) is 0 Å². The molecule has 2 rings (SSSR count). The van der Waals surface area contributed by atoms with Gasteiger partial charge in [0.25, 0.3) is 0 Å². The Morgan fingerprint density at radius 1 is 1.59 bits per heavy atom. The smallest absolute Gasteiger partial charge is 0.0847 e. The van der Waals surface area contributed by atoms with Crippen LogP contribution < -0.4 is 5.73 Å². The van der Waals surface area contributed by atoms with Crippen LogP contribution in [0.1, 0.15) is 51.1 Å². The van der Waals surface area contributed by atoms with Crippen molar-refractivity contribution in [2.75, 3.05) is 6.61 Å². The van der Waals surface area contributed by atoms with E-state index in [1.807, 2.05) is 10.9 Å². The van der Waals surface area contributed by atoms with Gasteiger partial charge in [-0.25, -0.2) is 0 Å². The normalized spacial score (nSPS) is 27.0. The Morgan fingerprint density at radius 2 is 2.41 bits per heavy atom. The first-order valence-electron chi connectivity index (χ1n) is 6.57. The van der Waals surface area contributed by atoms with Crippen molar-refractivity contribution in [1.82, 2.24) is 9.78 Å². The quantitative estimate of drug-likeness (QED) is 0.874. The van der Waals surface area contributed by atoms with E-state index in [1.165, 1.54) is 6.42 Å². The molecule has 1 aliphatic heterocycles. The second kappa shape index (κ2) is 5.19. The standard InChI is InChI=1S/C13H23N3O/c1-3-7-16-10-11(9-15-16)12(14)13(2)6-4-5-8-17-13/h9-10,12H,3-8,14H2,1-2H3. The van der Waals surface area contributed by atoms with Crippen LogP contribution in [-0.4, -0.2) is 22.0 Å². The third-order valence-electron chi connectivity index (χ3n) is 3.62. The number of nitrogens with zero attached hydrogens (tertiary/aromatic N) is 2. The predicted octanol–water partition coefficient (Wildman–Crippen LogP) is 2.25. The average Bonchev–Trinajstić information content (AvgIpc) is 2.78. The fourth-order valence-electron chi connectivity index (χ4n) is 2.44. The van der Waals surface area contributed by atoms with Crippen LogP contribution in [0.3, 0.4) is 0 Å². The highest BCUT2D eigenvalue weighted by atomic mass is 16.5. The van der Waals surface area contributed by atoms with E-state index in [1.54, 1.807) is 0 Å². The van der Waals surface area contributed by atoms with Crippen molar-refractivity contribution < 1.29 is 4.74 Å². The molecule has 0 spiro atoms. The molecule has 2 unspecified atom stereocenters. The molecule has 0 aromatic carbocycles. The molecule has 2 atom stereocenters. The highest BCUT2D eigenvalue weighted by Crippen LogP contribution is 2.34. The lowest BCUT2D eigenvalue weighted by Crippen LogP contribution is -2.43. The third-order valence-corrected chi connectivity index (χ3v) is 3.62. The molecule has 96 valence electrons. The Morgan fingerprint density at radius 3 is 3.06 bits per heavy atom. The van der Waals surface area contributed by atoms with Crippen molar-refractivity contribution >= 4 is 0 Å². The van der Waals surface area contributed by atoms with Crippen LogP contribution in [0.25, 0.3) is 0 Å². The molecular formula is C13H23N3O. The van der Waals surface area contributed by atoms with E-state index in [2.05, 4.69) is 25.1 Å². The van der Waals surface area contributed by atoms with Gasteiger partial charge in [-0.3, -0.25) is 4.68 Å². The predicted molar refractivity (Wildman–Crippen MR) is 67.7 cm³/mol. The summed E-state index contributed by atoms with van der Waals surface area (Å²) in [5.74, 6) is 0. The molecule has 1 fully saturated rings. The van der Waals surface area contributed by atoms with E-state index >= 15 is 0 Å². The first kappa shape index (κ1) is 12.6. The van der Waals surface area contributed by atoms with Crippen LogP contribution >= 0.6 is 0 Å². The Hall–Kier alpha value is -0.870. The summed E-state index contributed by atoms with van der Waals surface area (Å²) in [6.07, 6.45) is 8.41. The minimum atomic E-state index is -0.224. The van der Waals surface area contributed by atoms with Gasteiger partial charge in [0.1, 0.15) is 0 Å². The summed E-state index contributed by atoms with van der Waals surface area (Å²) in [5.41, 5.74) is 7.20. The molecule has 0 saturated carbocycles. The molecule has 0 aliphatic carbocycles. The lowest BCUT2D eigenvalue weighted by Gasteiger charge is -2.38. The molecular weight excluding hydrogens is 214 g/mol. The zero-order valence-electron chi connectivity index (χ0n) is 10.9. The zero-order chi connectivity index (χ0) is 12.3. The van der Waals surface area contributed by atoms with Gasteiger partial charge in [-0.1, -0.05) is 6.92 Å². The molecule has 2 heterocycles. The van der Waals surface area contributed by atoms with Gasteiger partial charge in [-0.15, -0.1) is 0 Å². The van der Waals surface area contributed by atoms with Crippen molar-refractivity contribution in [3.63, 3.8) is 0 Å². The summed E-state index contributed by atoms with van der Waals surface area (Å²) < 4.78 is 7.85. The molecule has 1 aromatic rings. The lowest BCUT2D eigenvalue weighted by molar-refractivity contribution is -0.0820. The Labute approximate surface area is 103 Å². The summed E-state index contributed by atoms with van der Waals surface area (Å²) in [6.45, 7) is 6.04. The molecule has 0 amide bonds. The molecule has 4 nitrogen and oxygen atoms in total. The third kappa shape index (κ3) is 2.69. The second-order valence-corrected chi connectivity index (χ2v) is 5.13. The van der Waals surface area contributed by atoms with Gasteiger partial charge < -0.3 is 10.5 Å². The van der Waals surface area contributed by atoms with Gasteiger partial charge in [-0.05, 0) is 32.6 Å². The monoisotopic (exact) mass is 237 g/mol. The first-order chi connectivity index (χ1) is 8.15. The number of hydrogen-bond donors (Lipinski definition) is 1. The summed E-state index contributed by atoms with van der Waals surface area (Å²) in [5, 5.41) is 4.33. The Balaban J connectivity index is 2.09. The highest BCUT2D eigenvalue weighted by Gasteiger charge is 2.36. The minimum absolute atomic E-state index is 0.0755. The Kier molecular flexibility index (Phi) is 3.84. The summed E-state index contributed by atoms with van der Waals surface area (Å²) in [6, 6.07) is -0.0755. The number of nitrogens with two attached hydrogens (primary N) is 1. The summed E-state index contributed by atoms with van der Waals surface area (Å²) in [4.78, 5) is 0. The number of rotatable bonds is 4. The molecule has 1 aromatic heterocycles. The fourth-order valence-corrected chi connectivity index (χ4v) is 2.44. The SMILES string of the molecule is CCCn1cc(C(N)C2(C)CCCCO2)cn1. The second-order valence-electron chi connectivity index (χ2n) is 5.13. The van der Waals surface area contributed by atoms with Gasteiger partial charge in [0.2, 0.25) is 0 Å². The largest absolute Gasteiger partial charge is 0.373 e. The van der Waals surface area contributed by atoms with Crippen LogP contribution in [0.4, 0.5) is 0 Å². The van der Waals surface area contributed by atoms with E-state index < -0.39 is 0 Å². The van der Waals surface area contributed by atoms with Crippen molar-refractivity contribution in [2.24, 2.45) is 5.73 Å². The van der Waals surface area contributed by atoms with Gasteiger partial charge in [0.05, 0.1) is 17.8 Å². The van der Waals surface area contributed by atoms with Crippen LogP contribution in [0.2, 0.25) is 0 Å². The highest BCUT2D eigenvalue weighted by molar-refractivity contribution is 5.15. The van der Waals surface area contributed by atoms with Crippen molar-refractivity contribution in [3.8, 4) is 0 Å². The van der Waals surface area contributed by atoms with Crippen LogP contribution in [-0.2, 0) is 11.3 Å². The minimum Gasteiger partial charge on any atom is -0.373 e. The van der Waals surface area contributed by atoms with E-state index in [0.29, 0.717) is 0 Å². The number of ether oxygens (including phenoxy) is 1. The molecule has 0 bridgehead atoms. The van der Waals surface area contributed by atoms with E-state index in [4.69, 9.17) is 10.5 Å². The molecule has 4 heteroatoms. The summed E-state index contributed by atoms with van der Waals surface area (Å²) >= 11 is 0. The van der Waals surface area contributed by atoms with Crippen molar-refractivity contribution in [1.29, 1.82) is 0 Å².